The van der Waals surface area contributed by atoms with E-state index in [2.05, 4.69) is 64.2 Å². The topological polar surface area (TPSA) is 49.3 Å². The maximum Gasteiger partial charge on any atom is 0.224 e. The molecule has 0 radical (unpaired) electrons. The third kappa shape index (κ3) is 5.83. The van der Waals surface area contributed by atoms with Crippen molar-refractivity contribution in [2.45, 2.75) is 59.5 Å². The molecule has 0 aliphatic rings. The summed E-state index contributed by atoms with van der Waals surface area (Å²) in [5.74, 6) is 0.0266. The number of aryl methyl sites for hydroxylation is 3. The van der Waals surface area contributed by atoms with Gasteiger partial charge in [-0.15, -0.1) is 0 Å². The Kier molecular flexibility index (Phi) is 6.97. The van der Waals surface area contributed by atoms with Gasteiger partial charge in [0.05, 0.1) is 6.61 Å². The van der Waals surface area contributed by atoms with Gasteiger partial charge >= 0.3 is 0 Å². The highest BCUT2D eigenvalue weighted by atomic mass is 16.3. The molecule has 3 heteroatoms. The first-order valence-electron chi connectivity index (χ1n) is 10.9. The van der Waals surface area contributed by atoms with E-state index in [4.69, 9.17) is 0 Å². The SMILES string of the molecule is Cc1cc(NC(=O)CCc2ccc(C(C)(C)C)cc2)cc(C)c1-c1ccc(CO)cc1. The van der Waals surface area contributed by atoms with Crippen LogP contribution in [0.5, 0.6) is 0 Å². The number of benzene rings is 3. The van der Waals surface area contributed by atoms with E-state index in [1.807, 2.05) is 36.4 Å². The zero-order valence-corrected chi connectivity index (χ0v) is 19.3. The summed E-state index contributed by atoms with van der Waals surface area (Å²) >= 11 is 0. The van der Waals surface area contributed by atoms with Gasteiger partial charge in [-0.05, 0) is 76.8 Å². The van der Waals surface area contributed by atoms with Crippen molar-refractivity contribution < 1.29 is 9.90 Å². The smallest absolute Gasteiger partial charge is 0.224 e. The molecule has 0 heterocycles. The summed E-state index contributed by atoms with van der Waals surface area (Å²) in [5.41, 5.74) is 8.86. The Morgan fingerprint density at radius 3 is 1.94 bits per heavy atom. The fourth-order valence-electron chi connectivity index (χ4n) is 3.92. The highest BCUT2D eigenvalue weighted by Gasteiger charge is 2.13. The van der Waals surface area contributed by atoms with E-state index in [0.717, 1.165) is 34.4 Å². The van der Waals surface area contributed by atoms with E-state index in [1.165, 1.54) is 16.7 Å². The van der Waals surface area contributed by atoms with E-state index in [0.29, 0.717) is 6.42 Å². The number of carbonyl (C=O) groups excluding carboxylic acids is 1. The molecule has 0 fully saturated rings. The first-order valence-corrected chi connectivity index (χ1v) is 10.9. The molecule has 3 nitrogen and oxygen atoms in total. The summed E-state index contributed by atoms with van der Waals surface area (Å²) in [4.78, 5) is 12.5. The number of aliphatic hydroxyl groups excluding tert-OH is 1. The minimum Gasteiger partial charge on any atom is -0.392 e. The van der Waals surface area contributed by atoms with Gasteiger partial charge in [-0.1, -0.05) is 69.3 Å². The summed E-state index contributed by atoms with van der Waals surface area (Å²) in [6, 6.07) is 20.6. The second-order valence-corrected chi connectivity index (χ2v) is 9.34. The Morgan fingerprint density at radius 2 is 1.42 bits per heavy atom. The second kappa shape index (κ2) is 9.49. The number of rotatable bonds is 6. The number of amides is 1. The maximum absolute atomic E-state index is 12.5. The Morgan fingerprint density at radius 1 is 0.871 bits per heavy atom. The van der Waals surface area contributed by atoms with Crippen LogP contribution in [0.2, 0.25) is 0 Å². The van der Waals surface area contributed by atoms with E-state index in [-0.39, 0.29) is 17.9 Å². The van der Waals surface area contributed by atoms with Gasteiger partial charge < -0.3 is 10.4 Å². The number of nitrogens with one attached hydrogen (secondary N) is 1. The summed E-state index contributed by atoms with van der Waals surface area (Å²) in [7, 11) is 0. The molecule has 0 aromatic heterocycles. The lowest BCUT2D eigenvalue weighted by Gasteiger charge is -2.19. The quantitative estimate of drug-likeness (QED) is 0.494. The Bertz CT molecular complexity index is 1020. The van der Waals surface area contributed by atoms with Crippen molar-refractivity contribution in [3.8, 4) is 11.1 Å². The lowest BCUT2D eigenvalue weighted by atomic mass is 9.86. The first kappa shape index (κ1) is 22.8. The molecule has 0 spiro atoms. The van der Waals surface area contributed by atoms with Gasteiger partial charge in [-0.25, -0.2) is 0 Å². The molecular weight excluding hydrogens is 382 g/mol. The van der Waals surface area contributed by atoms with Crippen molar-refractivity contribution in [2.24, 2.45) is 0 Å². The minimum absolute atomic E-state index is 0.0266. The van der Waals surface area contributed by atoms with Crippen molar-refractivity contribution >= 4 is 11.6 Å². The van der Waals surface area contributed by atoms with E-state index in [1.54, 1.807) is 0 Å². The van der Waals surface area contributed by atoms with Crippen LogP contribution in [0, 0.1) is 13.8 Å². The predicted molar refractivity (Wildman–Crippen MR) is 129 cm³/mol. The molecule has 3 rings (SSSR count). The highest BCUT2D eigenvalue weighted by molar-refractivity contribution is 5.91. The lowest BCUT2D eigenvalue weighted by Crippen LogP contribution is -2.13. The number of carbonyl (C=O) groups is 1. The molecule has 1 amide bonds. The lowest BCUT2D eigenvalue weighted by molar-refractivity contribution is -0.116. The summed E-state index contributed by atoms with van der Waals surface area (Å²) < 4.78 is 0. The molecule has 0 aliphatic heterocycles. The molecule has 3 aromatic rings. The van der Waals surface area contributed by atoms with Crippen LogP contribution < -0.4 is 5.32 Å². The average Bonchev–Trinajstić information content (AvgIpc) is 2.72. The molecular formula is C28H33NO2. The van der Waals surface area contributed by atoms with Crippen LogP contribution in [0.1, 0.15) is 55.0 Å². The van der Waals surface area contributed by atoms with Crippen LogP contribution in [-0.2, 0) is 23.2 Å². The summed E-state index contributed by atoms with van der Waals surface area (Å²) in [6.45, 7) is 10.8. The standard InChI is InChI=1S/C28H33NO2/c1-19-16-25(17-20(2)27(19)23-11-6-22(18-30)7-12-23)29-26(31)15-10-21-8-13-24(14-9-21)28(3,4)5/h6-9,11-14,16-17,30H,10,15,18H2,1-5H3,(H,29,31). The minimum atomic E-state index is 0.0266. The van der Waals surface area contributed by atoms with Crippen LogP contribution in [0.25, 0.3) is 11.1 Å². The molecule has 0 aliphatic carbocycles. The van der Waals surface area contributed by atoms with Gasteiger partial charge in [0.15, 0.2) is 0 Å². The maximum atomic E-state index is 12.5. The van der Waals surface area contributed by atoms with E-state index < -0.39 is 0 Å². The third-order valence-electron chi connectivity index (χ3n) is 5.70. The predicted octanol–water partition coefficient (Wildman–Crippen LogP) is 6.33. The van der Waals surface area contributed by atoms with E-state index >= 15 is 0 Å². The van der Waals surface area contributed by atoms with Crippen LogP contribution in [0.4, 0.5) is 5.69 Å². The zero-order chi connectivity index (χ0) is 22.6. The highest BCUT2D eigenvalue weighted by Crippen LogP contribution is 2.30. The molecule has 31 heavy (non-hydrogen) atoms. The number of hydrogen-bond acceptors (Lipinski definition) is 2. The molecule has 0 bridgehead atoms. The molecule has 0 saturated carbocycles. The Balaban J connectivity index is 1.65. The van der Waals surface area contributed by atoms with Crippen LogP contribution >= 0.6 is 0 Å². The summed E-state index contributed by atoms with van der Waals surface area (Å²) in [5, 5.41) is 12.3. The van der Waals surface area contributed by atoms with Crippen LogP contribution in [-0.4, -0.2) is 11.0 Å². The van der Waals surface area contributed by atoms with Crippen molar-refractivity contribution in [2.75, 3.05) is 5.32 Å². The zero-order valence-electron chi connectivity index (χ0n) is 19.3. The fraction of sp³-hybridized carbons (Fsp3) is 0.321. The molecule has 3 aromatic carbocycles. The second-order valence-electron chi connectivity index (χ2n) is 9.34. The largest absolute Gasteiger partial charge is 0.392 e. The molecule has 0 unspecified atom stereocenters. The van der Waals surface area contributed by atoms with Gasteiger partial charge in [0, 0.05) is 12.1 Å². The van der Waals surface area contributed by atoms with E-state index in [9.17, 15) is 9.90 Å². The Hall–Kier alpha value is -2.91. The summed E-state index contributed by atoms with van der Waals surface area (Å²) in [6.07, 6.45) is 1.18. The van der Waals surface area contributed by atoms with Crippen molar-refractivity contribution in [3.05, 3.63) is 88.5 Å². The van der Waals surface area contributed by atoms with Gasteiger partial charge in [0.1, 0.15) is 0 Å². The van der Waals surface area contributed by atoms with Gasteiger partial charge in [-0.3, -0.25) is 4.79 Å². The first-order chi connectivity index (χ1) is 14.7. The van der Waals surface area contributed by atoms with Crippen LogP contribution in [0.15, 0.2) is 60.7 Å². The number of hydrogen-bond donors (Lipinski definition) is 2. The van der Waals surface area contributed by atoms with Crippen LogP contribution in [0.3, 0.4) is 0 Å². The fourth-order valence-corrected chi connectivity index (χ4v) is 3.92. The molecule has 162 valence electrons. The molecule has 0 saturated heterocycles. The van der Waals surface area contributed by atoms with Crippen molar-refractivity contribution in [3.63, 3.8) is 0 Å². The number of anilines is 1. The monoisotopic (exact) mass is 415 g/mol. The molecule has 0 atom stereocenters. The van der Waals surface area contributed by atoms with Crippen molar-refractivity contribution in [1.29, 1.82) is 0 Å². The number of aliphatic hydroxyl groups is 1. The van der Waals surface area contributed by atoms with Crippen molar-refractivity contribution in [1.82, 2.24) is 0 Å². The molecule has 2 N–H and O–H groups in total. The Labute approximate surface area is 186 Å². The van der Waals surface area contributed by atoms with Gasteiger partial charge in [-0.2, -0.15) is 0 Å². The third-order valence-corrected chi connectivity index (χ3v) is 5.70. The van der Waals surface area contributed by atoms with Gasteiger partial charge in [0.2, 0.25) is 5.91 Å². The normalized spacial score (nSPS) is 11.4. The van der Waals surface area contributed by atoms with Gasteiger partial charge in [0.25, 0.3) is 0 Å². The average molecular weight is 416 g/mol.